The van der Waals surface area contributed by atoms with Crippen molar-refractivity contribution in [3.63, 3.8) is 0 Å². The second-order valence-electron chi connectivity index (χ2n) is 6.10. The fourth-order valence-corrected chi connectivity index (χ4v) is 2.08. The van der Waals surface area contributed by atoms with E-state index in [1.807, 2.05) is 0 Å². The number of carbonyl (C=O) groups is 2. The normalized spacial score (nSPS) is 28.2. The van der Waals surface area contributed by atoms with Crippen molar-refractivity contribution in [3.05, 3.63) is 0 Å². The molecular weight excluding hydrogens is 338 g/mol. The molecule has 0 unspecified atom stereocenters. The van der Waals surface area contributed by atoms with Crippen molar-refractivity contribution in [3.8, 4) is 0 Å². The first kappa shape index (κ1) is 23.1. The molecule has 0 spiro atoms. The van der Waals surface area contributed by atoms with Crippen LogP contribution < -0.4 is 5.73 Å². The zero-order valence-corrected chi connectivity index (χ0v) is 15.7. The van der Waals surface area contributed by atoms with E-state index < -0.39 is 30.3 Å². The van der Waals surface area contributed by atoms with Crippen LogP contribution >= 0.6 is 12.4 Å². The first-order chi connectivity index (χ1) is 10.9. The Balaban J connectivity index is 0.00000529. The molecular formula is C16H30ClNO6. The van der Waals surface area contributed by atoms with Gasteiger partial charge in [-0.2, -0.15) is 0 Å². The van der Waals surface area contributed by atoms with Crippen LogP contribution in [0.5, 0.6) is 0 Å². The molecule has 0 amide bonds. The second-order valence-corrected chi connectivity index (χ2v) is 6.10. The van der Waals surface area contributed by atoms with Gasteiger partial charge in [0.15, 0.2) is 6.10 Å². The van der Waals surface area contributed by atoms with Crippen LogP contribution in [0.4, 0.5) is 0 Å². The fourth-order valence-electron chi connectivity index (χ4n) is 2.08. The van der Waals surface area contributed by atoms with Crippen LogP contribution in [0.15, 0.2) is 0 Å². The molecule has 0 aromatic carbocycles. The molecule has 1 aliphatic rings. The van der Waals surface area contributed by atoms with Gasteiger partial charge in [-0.3, -0.25) is 9.59 Å². The monoisotopic (exact) mass is 367 g/mol. The van der Waals surface area contributed by atoms with Crippen molar-refractivity contribution < 1.29 is 28.5 Å². The first-order valence-corrected chi connectivity index (χ1v) is 8.22. The Labute approximate surface area is 149 Å². The van der Waals surface area contributed by atoms with Crippen molar-refractivity contribution in [2.45, 2.75) is 64.9 Å². The maximum absolute atomic E-state index is 12.0. The molecule has 0 aromatic heterocycles. The summed E-state index contributed by atoms with van der Waals surface area (Å²) in [6, 6.07) is -0.853. The summed E-state index contributed by atoms with van der Waals surface area (Å²) in [6.45, 7) is 7.97. The molecule has 24 heavy (non-hydrogen) atoms. The fraction of sp³-hybridized carbons (Fsp3) is 0.875. The third-order valence-corrected chi connectivity index (χ3v) is 3.57. The summed E-state index contributed by atoms with van der Waals surface area (Å²) in [4.78, 5) is 23.8. The van der Waals surface area contributed by atoms with Crippen molar-refractivity contribution in [2.24, 2.45) is 11.7 Å². The lowest BCUT2D eigenvalue weighted by Gasteiger charge is -2.30. The Bertz CT molecular complexity index is 393. The molecule has 1 rings (SSSR count). The Morgan fingerprint density at radius 3 is 2.62 bits per heavy atom. The predicted octanol–water partition coefficient (Wildman–Crippen LogP) is 1.45. The first-order valence-electron chi connectivity index (χ1n) is 8.22. The second kappa shape index (κ2) is 11.6. The Hall–Kier alpha value is -0.890. The zero-order chi connectivity index (χ0) is 17.4. The summed E-state index contributed by atoms with van der Waals surface area (Å²) >= 11 is 0. The summed E-state index contributed by atoms with van der Waals surface area (Å²) < 4.78 is 22.1. The van der Waals surface area contributed by atoms with Gasteiger partial charge in [0.05, 0.1) is 19.1 Å². The number of nitrogens with two attached hydrogens (primary N) is 1. The van der Waals surface area contributed by atoms with E-state index in [9.17, 15) is 9.59 Å². The van der Waals surface area contributed by atoms with Gasteiger partial charge in [-0.1, -0.05) is 27.2 Å². The van der Waals surface area contributed by atoms with E-state index in [1.54, 1.807) is 20.8 Å². The molecule has 1 heterocycles. The van der Waals surface area contributed by atoms with Gasteiger partial charge in [-0.15, -0.1) is 12.4 Å². The lowest BCUT2D eigenvalue weighted by atomic mass is 10.1. The Morgan fingerprint density at radius 2 is 2.04 bits per heavy atom. The maximum atomic E-state index is 12.0. The van der Waals surface area contributed by atoms with Gasteiger partial charge in [0.2, 0.25) is 0 Å². The predicted molar refractivity (Wildman–Crippen MR) is 91.0 cm³/mol. The van der Waals surface area contributed by atoms with Crippen molar-refractivity contribution >= 4 is 24.3 Å². The van der Waals surface area contributed by atoms with Crippen LogP contribution in [0, 0.1) is 5.92 Å². The van der Waals surface area contributed by atoms with E-state index in [4.69, 9.17) is 24.7 Å². The van der Waals surface area contributed by atoms with Gasteiger partial charge in [0.1, 0.15) is 18.2 Å². The lowest BCUT2D eigenvalue weighted by Crippen LogP contribution is -2.46. The van der Waals surface area contributed by atoms with Crippen LogP contribution in [0.2, 0.25) is 0 Å². The molecule has 142 valence electrons. The minimum atomic E-state index is -0.853. The highest BCUT2D eigenvalue weighted by Gasteiger charge is 2.36. The van der Waals surface area contributed by atoms with Crippen molar-refractivity contribution in [1.29, 1.82) is 0 Å². The topological polar surface area (TPSA) is 97.1 Å². The van der Waals surface area contributed by atoms with E-state index in [0.717, 1.165) is 12.8 Å². The molecule has 1 aliphatic heterocycles. The summed E-state index contributed by atoms with van der Waals surface area (Å²) in [5, 5.41) is 0. The Morgan fingerprint density at radius 1 is 1.38 bits per heavy atom. The largest absolute Gasteiger partial charge is 0.457 e. The highest BCUT2D eigenvalue weighted by Crippen LogP contribution is 2.18. The smallest absolute Gasteiger partial charge is 0.325 e. The molecule has 1 saturated heterocycles. The van der Waals surface area contributed by atoms with Gasteiger partial charge in [0.25, 0.3) is 0 Å². The molecule has 2 N–H and O–H groups in total. The van der Waals surface area contributed by atoms with Crippen LogP contribution in [0.1, 0.15) is 40.5 Å². The number of cyclic esters (lactones) is 1. The molecule has 1 fully saturated rings. The van der Waals surface area contributed by atoms with Crippen LogP contribution in [0.25, 0.3) is 0 Å². The van der Waals surface area contributed by atoms with E-state index in [1.165, 1.54) is 0 Å². The standard InChI is InChI=1S/C16H29NO6.ClH/c1-5-6-7-21-13-9-20-8-12(17)16(19)22-11(4)14(13)23-15(18)10(2)3;/h10-14H,5-9,17H2,1-4H3;1H/t11-,12-,13+,14-;/m0./s1. The molecule has 0 saturated carbocycles. The summed E-state index contributed by atoms with van der Waals surface area (Å²) in [7, 11) is 0. The molecule has 0 radical (unpaired) electrons. The number of halogens is 1. The quantitative estimate of drug-likeness (QED) is 0.560. The third-order valence-electron chi connectivity index (χ3n) is 3.57. The van der Waals surface area contributed by atoms with Gasteiger partial charge >= 0.3 is 11.9 Å². The number of unbranched alkanes of at least 4 members (excludes halogenated alkanes) is 1. The van der Waals surface area contributed by atoms with Crippen LogP contribution in [-0.4, -0.2) is 56.1 Å². The number of esters is 2. The molecule has 0 aliphatic carbocycles. The summed E-state index contributed by atoms with van der Waals surface area (Å²) in [6.07, 6.45) is -0.0213. The number of rotatable bonds is 6. The summed E-state index contributed by atoms with van der Waals surface area (Å²) in [5.41, 5.74) is 5.69. The molecule has 0 aromatic rings. The van der Waals surface area contributed by atoms with Crippen molar-refractivity contribution in [2.75, 3.05) is 19.8 Å². The molecule has 7 nitrogen and oxygen atoms in total. The molecule has 0 bridgehead atoms. The average Bonchev–Trinajstić information content (AvgIpc) is 2.53. The maximum Gasteiger partial charge on any atom is 0.325 e. The van der Waals surface area contributed by atoms with E-state index >= 15 is 0 Å². The van der Waals surface area contributed by atoms with Gasteiger partial charge in [-0.25, -0.2) is 0 Å². The molecule has 4 atom stereocenters. The third kappa shape index (κ3) is 7.34. The SMILES string of the molecule is CCCCO[C@@H]1COC[C@H](N)C(=O)O[C@@H](C)[C@@H]1OC(=O)C(C)C.Cl. The highest BCUT2D eigenvalue weighted by molar-refractivity contribution is 5.85. The number of hydrogen-bond donors (Lipinski definition) is 1. The zero-order valence-electron chi connectivity index (χ0n) is 14.9. The number of ether oxygens (including phenoxy) is 4. The van der Waals surface area contributed by atoms with Gasteiger partial charge < -0.3 is 24.7 Å². The average molecular weight is 368 g/mol. The number of hydrogen-bond acceptors (Lipinski definition) is 7. The summed E-state index contributed by atoms with van der Waals surface area (Å²) in [5.74, 6) is -1.23. The highest BCUT2D eigenvalue weighted by atomic mass is 35.5. The van der Waals surface area contributed by atoms with Crippen molar-refractivity contribution in [1.82, 2.24) is 0 Å². The Kier molecular flexibility index (Phi) is 11.2. The van der Waals surface area contributed by atoms with E-state index in [0.29, 0.717) is 6.61 Å². The van der Waals surface area contributed by atoms with Crippen LogP contribution in [0.3, 0.4) is 0 Å². The minimum absolute atomic E-state index is 0. The number of carbonyl (C=O) groups excluding carboxylic acids is 2. The van der Waals surface area contributed by atoms with Gasteiger partial charge in [-0.05, 0) is 13.3 Å². The van der Waals surface area contributed by atoms with E-state index in [-0.39, 0.29) is 37.5 Å². The lowest BCUT2D eigenvalue weighted by molar-refractivity contribution is -0.182. The minimum Gasteiger partial charge on any atom is -0.457 e. The molecule has 8 heteroatoms. The van der Waals surface area contributed by atoms with E-state index in [2.05, 4.69) is 6.92 Å². The van der Waals surface area contributed by atoms with Gasteiger partial charge in [0, 0.05) is 6.61 Å². The van der Waals surface area contributed by atoms with Crippen LogP contribution in [-0.2, 0) is 28.5 Å².